The van der Waals surface area contributed by atoms with Crippen LogP contribution in [0.4, 0.5) is 0 Å². The van der Waals surface area contributed by atoms with Crippen molar-refractivity contribution in [3.8, 4) is 0 Å². The van der Waals surface area contributed by atoms with E-state index in [9.17, 15) is 14.7 Å². The summed E-state index contributed by atoms with van der Waals surface area (Å²) in [6.45, 7) is 3.51. The maximum Gasteiger partial charge on any atom is 0.357 e. The number of carbonyl (C=O) groups excluding carboxylic acids is 1. The fourth-order valence-corrected chi connectivity index (χ4v) is 4.49. The zero-order valence-electron chi connectivity index (χ0n) is 14.3. The molecular formula is C21H16N2O3S. The number of hydrogen-bond donors (Lipinski definition) is 1. The molecule has 27 heavy (non-hydrogen) atoms. The number of allylic oxidation sites excluding steroid dienone is 2. The van der Waals surface area contributed by atoms with Crippen LogP contribution in [0.15, 0.2) is 66.6 Å². The number of nitrogens with zero attached hydrogens (tertiary/aromatic N) is 2. The number of carboxylic acid groups (broad SMARTS) is 1. The number of aromatic carboxylic acids is 1. The van der Waals surface area contributed by atoms with Gasteiger partial charge in [-0.05, 0) is 23.1 Å². The van der Waals surface area contributed by atoms with E-state index in [2.05, 4.69) is 17.7 Å². The summed E-state index contributed by atoms with van der Waals surface area (Å²) >= 11 is 1.63. The molecule has 0 saturated heterocycles. The Bertz CT molecular complexity index is 1060. The van der Waals surface area contributed by atoms with Crippen molar-refractivity contribution in [2.24, 2.45) is 0 Å². The van der Waals surface area contributed by atoms with E-state index >= 15 is 0 Å². The Kier molecular flexibility index (Phi) is 4.12. The molecule has 1 unspecified atom stereocenters. The maximum atomic E-state index is 12.3. The highest BCUT2D eigenvalue weighted by atomic mass is 32.1. The third kappa shape index (κ3) is 2.65. The molecule has 1 aromatic carbocycles. The molecular weight excluding hydrogens is 360 g/mol. The van der Waals surface area contributed by atoms with Gasteiger partial charge in [-0.2, -0.15) is 9.78 Å². The summed E-state index contributed by atoms with van der Waals surface area (Å²) in [6, 6.07) is 14.0. The number of thiophene rings is 1. The molecule has 1 N–H and O–H groups in total. The Morgan fingerprint density at radius 3 is 2.63 bits per heavy atom. The van der Waals surface area contributed by atoms with Gasteiger partial charge < -0.3 is 5.11 Å². The van der Waals surface area contributed by atoms with Gasteiger partial charge in [-0.3, -0.25) is 4.79 Å². The number of aromatic nitrogens is 2. The number of hydrogen-bond acceptors (Lipinski definition) is 4. The van der Waals surface area contributed by atoms with Gasteiger partial charge in [0.05, 0.1) is 11.1 Å². The molecule has 0 spiro atoms. The molecule has 2 heterocycles. The molecule has 6 heteroatoms. The van der Waals surface area contributed by atoms with Crippen molar-refractivity contribution in [1.29, 1.82) is 0 Å². The van der Waals surface area contributed by atoms with Crippen molar-refractivity contribution in [1.82, 2.24) is 9.78 Å². The lowest BCUT2D eigenvalue weighted by atomic mass is 9.72. The van der Waals surface area contributed by atoms with Gasteiger partial charge in [0.2, 0.25) is 0 Å². The molecule has 0 amide bonds. The van der Waals surface area contributed by atoms with Crippen LogP contribution in [0.1, 0.15) is 37.0 Å². The fourth-order valence-electron chi connectivity index (χ4n) is 3.56. The van der Waals surface area contributed by atoms with Gasteiger partial charge in [0.25, 0.3) is 5.91 Å². The van der Waals surface area contributed by atoms with Gasteiger partial charge >= 0.3 is 5.97 Å². The second-order valence-corrected chi connectivity index (χ2v) is 7.24. The van der Waals surface area contributed by atoms with Gasteiger partial charge in [0.1, 0.15) is 0 Å². The second-order valence-electron chi connectivity index (χ2n) is 6.29. The molecule has 2 aromatic heterocycles. The summed E-state index contributed by atoms with van der Waals surface area (Å²) in [6.07, 6.45) is 5.37. The van der Waals surface area contributed by atoms with Crippen LogP contribution in [0.5, 0.6) is 0 Å². The van der Waals surface area contributed by atoms with Crippen LogP contribution in [-0.2, 0) is 11.8 Å². The molecule has 134 valence electrons. The van der Waals surface area contributed by atoms with Crippen LogP contribution in [0, 0.1) is 0 Å². The highest BCUT2D eigenvalue weighted by molar-refractivity contribution is 7.10. The monoisotopic (exact) mass is 376 g/mol. The van der Waals surface area contributed by atoms with Crippen molar-refractivity contribution >= 4 is 29.3 Å². The summed E-state index contributed by atoms with van der Waals surface area (Å²) in [4.78, 5) is 25.1. The molecule has 3 aromatic rings. The van der Waals surface area contributed by atoms with Crippen LogP contribution in [0.3, 0.4) is 0 Å². The summed E-state index contributed by atoms with van der Waals surface area (Å²) in [5.74, 6) is -1.60. The van der Waals surface area contributed by atoms with Crippen molar-refractivity contribution in [3.05, 3.63) is 94.0 Å². The number of carboxylic acids is 1. The highest BCUT2D eigenvalue weighted by Crippen LogP contribution is 2.44. The van der Waals surface area contributed by atoms with Crippen LogP contribution < -0.4 is 0 Å². The highest BCUT2D eigenvalue weighted by Gasteiger charge is 2.39. The van der Waals surface area contributed by atoms with E-state index in [0.29, 0.717) is 17.7 Å². The SMILES string of the molecule is C=CC(=O)n1nc(C(=O)O)c2c1CC(c1ccccc1)(c1cccs1)C=C2. The van der Waals surface area contributed by atoms with E-state index in [0.717, 1.165) is 16.5 Å². The standard InChI is InChI=1S/C21H16N2O3S/c1-2-18(24)23-16-13-21(17-9-6-12-27-17,14-7-4-3-5-8-14)11-10-15(16)19(22-23)20(25)26/h2-12H,1,13H2,(H,25,26). The summed E-state index contributed by atoms with van der Waals surface area (Å²) < 4.78 is 1.17. The Balaban J connectivity index is 1.96. The number of rotatable bonds is 4. The van der Waals surface area contributed by atoms with E-state index in [1.54, 1.807) is 17.4 Å². The first-order chi connectivity index (χ1) is 13.1. The van der Waals surface area contributed by atoms with Crippen LogP contribution >= 0.6 is 11.3 Å². The van der Waals surface area contributed by atoms with E-state index in [1.165, 1.54) is 4.68 Å². The predicted molar refractivity (Wildman–Crippen MR) is 104 cm³/mol. The molecule has 1 aliphatic carbocycles. The van der Waals surface area contributed by atoms with E-state index < -0.39 is 17.3 Å². The molecule has 5 nitrogen and oxygen atoms in total. The molecule has 0 saturated carbocycles. The first-order valence-electron chi connectivity index (χ1n) is 8.37. The van der Waals surface area contributed by atoms with Gasteiger partial charge in [-0.1, -0.05) is 55.1 Å². The molecule has 1 aliphatic rings. The lowest BCUT2D eigenvalue weighted by molar-refractivity contribution is 0.0689. The largest absolute Gasteiger partial charge is 0.476 e. The first-order valence-corrected chi connectivity index (χ1v) is 9.25. The van der Waals surface area contributed by atoms with Crippen molar-refractivity contribution in [3.63, 3.8) is 0 Å². The molecule has 1 atom stereocenters. The Labute approximate surface area is 159 Å². The van der Waals surface area contributed by atoms with Gasteiger partial charge in [0.15, 0.2) is 5.69 Å². The average molecular weight is 376 g/mol. The van der Waals surface area contributed by atoms with E-state index in [-0.39, 0.29) is 5.69 Å². The van der Waals surface area contributed by atoms with Crippen LogP contribution in [0.2, 0.25) is 0 Å². The zero-order valence-corrected chi connectivity index (χ0v) is 15.1. The number of fused-ring (bicyclic) bond motifs is 1. The smallest absolute Gasteiger partial charge is 0.357 e. The Morgan fingerprint density at radius 1 is 1.22 bits per heavy atom. The van der Waals surface area contributed by atoms with Crippen molar-refractivity contribution < 1.29 is 14.7 Å². The molecule has 0 fully saturated rings. The van der Waals surface area contributed by atoms with Crippen molar-refractivity contribution in [2.75, 3.05) is 0 Å². The average Bonchev–Trinajstić information content (AvgIpc) is 3.36. The number of carbonyl (C=O) groups is 2. The van der Waals surface area contributed by atoms with Gasteiger partial charge in [-0.15, -0.1) is 11.3 Å². The first kappa shape index (κ1) is 17.2. The Morgan fingerprint density at radius 2 is 2.00 bits per heavy atom. The fraction of sp³-hybridized carbons (Fsp3) is 0.0952. The summed E-state index contributed by atoms with van der Waals surface area (Å²) in [5.41, 5.74) is 1.52. The van der Waals surface area contributed by atoms with Crippen LogP contribution in [0.25, 0.3) is 6.08 Å². The maximum absolute atomic E-state index is 12.3. The number of benzene rings is 1. The Hall–Kier alpha value is -3.25. The van der Waals surface area contributed by atoms with Gasteiger partial charge in [-0.25, -0.2) is 4.79 Å². The lowest BCUT2D eigenvalue weighted by Crippen LogP contribution is -2.31. The molecule has 4 rings (SSSR count). The summed E-state index contributed by atoms with van der Waals surface area (Å²) in [7, 11) is 0. The van der Waals surface area contributed by atoms with E-state index in [1.807, 2.05) is 47.9 Å². The van der Waals surface area contributed by atoms with Gasteiger partial charge in [0, 0.05) is 16.9 Å². The summed E-state index contributed by atoms with van der Waals surface area (Å²) in [5, 5.41) is 15.6. The lowest BCUT2D eigenvalue weighted by Gasteiger charge is -2.33. The van der Waals surface area contributed by atoms with Crippen LogP contribution in [-0.4, -0.2) is 26.8 Å². The third-order valence-electron chi connectivity index (χ3n) is 4.84. The van der Waals surface area contributed by atoms with Crippen molar-refractivity contribution in [2.45, 2.75) is 11.8 Å². The molecule has 0 radical (unpaired) electrons. The normalized spacial score (nSPS) is 18.1. The topological polar surface area (TPSA) is 72.2 Å². The minimum atomic E-state index is -1.16. The second kappa shape index (κ2) is 6.48. The molecule has 0 bridgehead atoms. The third-order valence-corrected chi connectivity index (χ3v) is 5.89. The zero-order chi connectivity index (χ0) is 19.0. The predicted octanol–water partition coefficient (Wildman–Crippen LogP) is 4.02. The quantitative estimate of drug-likeness (QED) is 0.698. The molecule has 0 aliphatic heterocycles. The minimum absolute atomic E-state index is 0.121. The minimum Gasteiger partial charge on any atom is -0.476 e. The van der Waals surface area contributed by atoms with E-state index in [4.69, 9.17) is 0 Å².